The van der Waals surface area contributed by atoms with Crippen LogP contribution in [0.5, 0.6) is 5.75 Å². The molecule has 2 aromatic carbocycles. The van der Waals surface area contributed by atoms with E-state index in [1.807, 2.05) is 24.3 Å². The van der Waals surface area contributed by atoms with Crippen LogP contribution in [-0.4, -0.2) is 0 Å². The van der Waals surface area contributed by atoms with Crippen molar-refractivity contribution in [2.75, 3.05) is 0 Å². The Morgan fingerprint density at radius 1 is 1.00 bits per heavy atom. The van der Waals surface area contributed by atoms with E-state index >= 15 is 0 Å². The molecule has 0 aliphatic carbocycles. The van der Waals surface area contributed by atoms with E-state index < -0.39 is 0 Å². The molecule has 18 heavy (non-hydrogen) atoms. The molecule has 3 rings (SSSR count). The predicted octanol–water partition coefficient (Wildman–Crippen LogP) is 4.15. The fraction of sp³-hybridized carbons (Fsp3) is 0.0667. The van der Waals surface area contributed by atoms with Crippen molar-refractivity contribution < 1.29 is 13.5 Å². The first-order valence-electron chi connectivity index (χ1n) is 5.64. The number of rotatable bonds is 3. The first-order chi connectivity index (χ1) is 8.81. The summed E-state index contributed by atoms with van der Waals surface area (Å²) in [5, 5.41) is 2.03. The van der Waals surface area contributed by atoms with Crippen LogP contribution in [0.15, 0.2) is 59.4 Å². The Balaban J connectivity index is 1.76. The summed E-state index contributed by atoms with van der Waals surface area (Å²) in [7, 11) is 0. The van der Waals surface area contributed by atoms with Gasteiger partial charge in [-0.25, -0.2) is 4.39 Å². The molecule has 0 radical (unpaired) electrons. The van der Waals surface area contributed by atoms with Gasteiger partial charge in [0.05, 0.1) is 12.5 Å². The largest absolute Gasteiger partial charge is 0.489 e. The lowest BCUT2D eigenvalue weighted by Crippen LogP contribution is -1.95. The summed E-state index contributed by atoms with van der Waals surface area (Å²) in [4.78, 5) is 0. The van der Waals surface area contributed by atoms with E-state index in [1.54, 1.807) is 18.6 Å². The molecule has 1 heterocycles. The van der Waals surface area contributed by atoms with E-state index in [0.717, 1.165) is 22.1 Å². The fourth-order valence-corrected chi connectivity index (χ4v) is 1.83. The van der Waals surface area contributed by atoms with Crippen LogP contribution in [0.4, 0.5) is 4.39 Å². The van der Waals surface area contributed by atoms with Crippen LogP contribution in [0, 0.1) is 5.82 Å². The Hall–Kier alpha value is -2.29. The lowest BCUT2D eigenvalue weighted by atomic mass is 10.2. The zero-order valence-electron chi connectivity index (χ0n) is 9.60. The lowest BCUT2D eigenvalue weighted by Gasteiger charge is -2.06. The molecule has 0 aliphatic rings. The number of furan rings is 1. The molecule has 1 aromatic heterocycles. The van der Waals surface area contributed by atoms with Gasteiger partial charge in [0.1, 0.15) is 18.2 Å². The number of halogens is 1. The molecule has 0 N–H and O–H groups in total. The standard InChI is InChI=1S/C15H11FO2/c16-14-3-1-2-11(6-14)8-18-15-5-4-12-9-17-10-13(12)7-15/h1-7,9-10H,8H2. The number of benzene rings is 2. The zero-order chi connectivity index (χ0) is 12.4. The minimum atomic E-state index is -0.249. The van der Waals surface area contributed by atoms with Crippen molar-refractivity contribution in [2.45, 2.75) is 6.61 Å². The molecule has 90 valence electrons. The minimum absolute atomic E-state index is 0.249. The van der Waals surface area contributed by atoms with Crippen LogP contribution in [0.25, 0.3) is 10.8 Å². The molecular formula is C15H11FO2. The molecule has 0 atom stereocenters. The van der Waals surface area contributed by atoms with E-state index in [0.29, 0.717) is 6.61 Å². The van der Waals surface area contributed by atoms with Crippen molar-refractivity contribution >= 4 is 10.8 Å². The van der Waals surface area contributed by atoms with Gasteiger partial charge in [-0.05, 0) is 35.9 Å². The van der Waals surface area contributed by atoms with Gasteiger partial charge in [0, 0.05) is 10.8 Å². The maximum absolute atomic E-state index is 13.0. The summed E-state index contributed by atoms with van der Waals surface area (Å²) < 4.78 is 23.7. The minimum Gasteiger partial charge on any atom is -0.489 e. The van der Waals surface area contributed by atoms with Crippen LogP contribution in [0.3, 0.4) is 0 Å². The van der Waals surface area contributed by atoms with Crippen molar-refractivity contribution in [3.8, 4) is 5.75 Å². The number of hydrogen-bond donors (Lipinski definition) is 0. The average molecular weight is 242 g/mol. The van der Waals surface area contributed by atoms with Crippen LogP contribution in [0.1, 0.15) is 5.56 Å². The topological polar surface area (TPSA) is 22.4 Å². The van der Waals surface area contributed by atoms with Gasteiger partial charge in [0.15, 0.2) is 0 Å². The van der Waals surface area contributed by atoms with E-state index in [4.69, 9.17) is 9.15 Å². The van der Waals surface area contributed by atoms with E-state index in [1.165, 1.54) is 12.1 Å². The van der Waals surface area contributed by atoms with Crippen molar-refractivity contribution in [3.63, 3.8) is 0 Å². The lowest BCUT2D eigenvalue weighted by molar-refractivity contribution is 0.306. The Bertz CT molecular complexity index is 673. The van der Waals surface area contributed by atoms with Gasteiger partial charge in [-0.2, -0.15) is 0 Å². The molecular weight excluding hydrogens is 231 g/mol. The molecule has 0 spiro atoms. The Kier molecular flexibility index (Phi) is 2.73. The van der Waals surface area contributed by atoms with Crippen LogP contribution in [0.2, 0.25) is 0 Å². The van der Waals surface area contributed by atoms with Gasteiger partial charge in [-0.15, -0.1) is 0 Å². The monoisotopic (exact) mass is 242 g/mol. The molecule has 0 amide bonds. The first-order valence-corrected chi connectivity index (χ1v) is 5.64. The van der Waals surface area contributed by atoms with Crippen molar-refractivity contribution in [1.29, 1.82) is 0 Å². The number of fused-ring (bicyclic) bond motifs is 1. The molecule has 0 bridgehead atoms. The SMILES string of the molecule is Fc1cccc(COc2ccc3cocc3c2)c1. The number of hydrogen-bond acceptors (Lipinski definition) is 2. The summed E-state index contributed by atoms with van der Waals surface area (Å²) in [6, 6.07) is 12.1. The maximum atomic E-state index is 13.0. The molecule has 0 saturated carbocycles. The molecule has 0 fully saturated rings. The van der Waals surface area contributed by atoms with E-state index in [2.05, 4.69) is 0 Å². The van der Waals surface area contributed by atoms with E-state index in [-0.39, 0.29) is 5.82 Å². The average Bonchev–Trinajstić information content (AvgIpc) is 2.84. The van der Waals surface area contributed by atoms with Gasteiger partial charge in [0.25, 0.3) is 0 Å². The molecule has 0 unspecified atom stereocenters. The molecule has 3 aromatic rings. The van der Waals surface area contributed by atoms with Gasteiger partial charge < -0.3 is 9.15 Å². The third-order valence-corrected chi connectivity index (χ3v) is 2.74. The summed E-state index contributed by atoms with van der Waals surface area (Å²) in [6.07, 6.45) is 3.36. The van der Waals surface area contributed by atoms with Crippen molar-refractivity contribution in [3.05, 3.63) is 66.4 Å². The Labute approximate surface area is 104 Å². The normalized spacial score (nSPS) is 10.7. The summed E-state index contributed by atoms with van der Waals surface area (Å²) >= 11 is 0. The van der Waals surface area contributed by atoms with Gasteiger partial charge in [-0.1, -0.05) is 12.1 Å². The highest BCUT2D eigenvalue weighted by Gasteiger charge is 2.00. The Morgan fingerprint density at radius 2 is 1.89 bits per heavy atom. The second kappa shape index (κ2) is 4.53. The molecule has 0 saturated heterocycles. The van der Waals surface area contributed by atoms with Crippen molar-refractivity contribution in [1.82, 2.24) is 0 Å². The summed E-state index contributed by atoms with van der Waals surface area (Å²) in [5.74, 6) is 0.495. The smallest absolute Gasteiger partial charge is 0.123 e. The summed E-state index contributed by atoms with van der Waals surface area (Å²) in [5.41, 5.74) is 0.808. The number of ether oxygens (including phenoxy) is 1. The highest BCUT2D eigenvalue weighted by molar-refractivity contribution is 5.82. The van der Waals surface area contributed by atoms with Crippen molar-refractivity contribution in [2.24, 2.45) is 0 Å². The summed E-state index contributed by atoms with van der Waals surface area (Å²) in [6.45, 7) is 0.348. The fourth-order valence-electron chi connectivity index (χ4n) is 1.83. The van der Waals surface area contributed by atoms with Crippen LogP contribution >= 0.6 is 0 Å². The molecule has 2 nitrogen and oxygen atoms in total. The Morgan fingerprint density at radius 3 is 2.78 bits per heavy atom. The highest BCUT2D eigenvalue weighted by atomic mass is 19.1. The predicted molar refractivity (Wildman–Crippen MR) is 66.9 cm³/mol. The van der Waals surface area contributed by atoms with E-state index in [9.17, 15) is 4.39 Å². The molecule has 0 aliphatic heterocycles. The third-order valence-electron chi connectivity index (χ3n) is 2.74. The maximum Gasteiger partial charge on any atom is 0.123 e. The van der Waals surface area contributed by atoms with Gasteiger partial charge >= 0.3 is 0 Å². The second-order valence-electron chi connectivity index (χ2n) is 4.08. The quantitative estimate of drug-likeness (QED) is 0.688. The zero-order valence-corrected chi connectivity index (χ0v) is 9.60. The third kappa shape index (κ3) is 2.20. The highest BCUT2D eigenvalue weighted by Crippen LogP contribution is 2.22. The van der Waals surface area contributed by atoms with Crippen LogP contribution in [-0.2, 0) is 6.61 Å². The van der Waals surface area contributed by atoms with Crippen LogP contribution < -0.4 is 4.74 Å². The van der Waals surface area contributed by atoms with Gasteiger partial charge in [-0.3, -0.25) is 0 Å². The second-order valence-corrected chi connectivity index (χ2v) is 4.08. The van der Waals surface area contributed by atoms with Gasteiger partial charge in [0.2, 0.25) is 0 Å². The molecule has 3 heteroatoms. The first kappa shape index (κ1) is 10.8.